The van der Waals surface area contributed by atoms with Gasteiger partial charge < -0.3 is 9.42 Å². The fourth-order valence-corrected chi connectivity index (χ4v) is 3.53. The van der Waals surface area contributed by atoms with Crippen LogP contribution in [0.25, 0.3) is 11.5 Å². The van der Waals surface area contributed by atoms with Crippen LogP contribution in [-0.2, 0) is 4.79 Å². The number of carbonyl (C=O) groups excluding carboxylic acids is 1. The lowest BCUT2D eigenvalue weighted by Crippen LogP contribution is -2.26. The van der Waals surface area contributed by atoms with E-state index >= 15 is 0 Å². The molecule has 4 rings (SSSR count). The minimum Gasteiger partial charge on any atom is -0.334 e. The van der Waals surface area contributed by atoms with Gasteiger partial charge in [-0.05, 0) is 49.2 Å². The van der Waals surface area contributed by atoms with Crippen molar-refractivity contribution in [2.45, 2.75) is 26.2 Å². The summed E-state index contributed by atoms with van der Waals surface area (Å²) >= 11 is 0. The van der Waals surface area contributed by atoms with Gasteiger partial charge in [-0.3, -0.25) is 4.79 Å². The van der Waals surface area contributed by atoms with Gasteiger partial charge in [-0.15, -0.1) is 0 Å². The van der Waals surface area contributed by atoms with Crippen molar-refractivity contribution in [2.24, 2.45) is 0 Å². The SMILES string of the molecule is Cc1cccc(C)c1N1CC(c2noc(-c3ccc(C#N)cc3)n2)CC1=O. The molecule has 0 radical (unpaired) electrons. The molecule has 0 spiro atoms. The van der Waals surface area contributed by atoms with Crippen LogP contribution in [0.1, 0.15) is 34.9 Å². The number of nitrogens with zero attached hydrogens (tertiary/aromatic N) is 4. The lowest BCUT2D eigenvalue weighted by Gasteiger charge is -2.21. The molecule has 1 amide bonds. The third-order valence-electron chi connectivity index (χ3n) is 4.90. The second-order valence-corrected chi connectivity index (χ2v) is 6.79. The molecule has 1 aliphatic heterocycles. The Kier molecular flexibility index (Phi) is 4.21. The number of carbonyl (C=O) groups is 1. The van der Waals surface area contributed by atoms with Crippen LogP contribution < -0.4 is 4.90 Å². The van der Waals surface area contributed by atoms with E-state index in [9.17, 15) is 4.79 Å². The molecule has 6 nitrogen and oxygen atoms in total. The maximum Gasteiger partial charge on any atom is 0.257 e. The summed E-state index contributed by atoms with van der Waals surface area (Å²) in [4.78, 5) is 18.9. The van der Waals surface area contributed by atoms with Crippen LogP contribution in [0.4, 0.5) is 5.69 Å². The van der Waals surface area contributed by atoms with Crippen LogP contribution in [0, 0.1) is 25.2 Å². The largest absolute Gasteiger partial charge is 0.334 e. The highest BCUT2D eigenvalue weighted by Gasteiger charge is 2.35. The van der Waals surface area contributed by atoms with Gasteiger partial charge >= 0.3 is 0 Å². The number of rotatable bonds is 3. The molecule has 0 N–H and O–H groups in total. The summed E-state index contributed by atoms with van der Waals surface area (Å²) in [6.07, 6.45) is 0.361. The summed E-state index contributed by atoms with van der Waals surface area (Å²) in [7, 11) is 0. The molecule has 1 aliphatic rings. The summed E-state index contributed by atoms with van der Waals surface area (Å²) in [6, 6.07) is 15.1. The number of aryl methyl sites for hydroxylation is 2. The van der Waals surface area contributed by atoms with Gasteiger partial charge in [0.1, 0.15) is 0 Å². The first-order valence-electron chi connectivity index (χ1n) is 8.77. The van der Waals surface area contributed by atoms with Crippen LogP contribution in [0.15, 0.2) is 47.0 Å². The maximum atomic E-state index is 12.6. The number of aromatic nitrogens is 2. The molecule has 6 heteroatoms. The number of nitriles is 1. The molecule has 2 aromatic carbocycles. The summed E-state index contributed by atoms with van der Waals surface area (Å²) in [5, 5.41) is 13.0. The van der Waals surface area contributed by atoms with Gasteiger partial charge in [0.15, 0.2) is 5.82 Å². The van der Waals surface area contributed by atoms with Crippen LogP contribution in [0.5, 0.6) is 0 Å². The Labute approximate surface area is 157 Å². The number of hydrogen-bond donors (Lipinski definition) is 0. The molecule has 2 heterocycles. The summed E-state index contributed by atoms with van der Waals surface area (Å²) in [5.41, 5.74) is 4.46. The molecule has 1 saturated heterocycles. The Hall–Kier alpha value is -3.46. The second kappa shape index (κ2) is 6.69. The number of para-hydroxylation sites is 1. The Balaban J connectivity index is 1.58. The normalized spacial score (nSPS) is 16.6. The average molecular weight is 358 g/mol. The molecule has 0 bridgehead atoms. The van der Waals surface area contributed by atoms with Crippen molar-refractivity contribution in [2.75, 3.05) is 11.4 Å². The number of hydrogen-bond acceptors (Lipinski definition) is 5. The van der Waals surface area contributed by atoms with Gasteiger partial charge in [-0.1, -0.05) is 23.4 Å². The van der Waals surface area contributed by atoms with E-state index in [2.05, 4.69) is 16.2 Å². The topological polar surface area (TPSA) is 83.0 Å². The second-order valence-electron chi connectivity index (χ2n) is 6.79. The van der Waals surface area contributed by atoms with Crippen LogP contribution in [-0.4, -0.2) is 22.6 Å². The molecule has 134 valence electrons. The van der Waals surface area contributed by atoms with Crippen molar-refractivity contribution in [3.05, 3.63) is 65.0 Å². The van der Waals surface area contributed by atoms with E-state index in [0.717, 1.165) is 22.4 Å². The highest BCUT2D eigenvalue weighted by atomic mass is 16.5. The minimum atomic E-state index is -0.104. The number of benzene rings is 2. The fourth-order valence-electron chi connectivity index (χ4n) is 3.53. The molecular weight excluding hydrogens is 340 g/mol. The summed E-state index contributed by atoms with van der Waals surface area (Å²) in [5.74, 6) is 0.901. The van der Waals surface area contributed by atoms with Crippen molar-refractivity contribution in [1.82, 2.24) is 10.1 Å². The maximum absolute atomic E-state index is 12.6. The van der Waals surface area contributed by atoms with Crippen molar-refractivity contribution in [3.8, 4) is 17.5 Å². The molecule has 0 aliphatic carbocycles. The summed E-state index contributed by atoms with van der Waals surface area (Å²) < 4.78 is 5.39. The van der Waals surface area contributed by atoms with E-state index in [0.29, 0.717) is 30.2 Å². The lowest BCUT2D eigenvalue weighted by molar-refractivity contribution is -0.117. The Bertz CT molecular complexity index is 1030. The molecule has 0 saturated carbocycles. The van der Waals surface area contributed by atoms with E-state index in [1.807, 2.05) is 36.9 Å². The molecule has 1 unspecified atom stereocenters. The quantitative estimate of drug-likeness (QED) is 0.712. The fraction of sp³-hybridized carbons (Fsp3) is 0.238. The predicted octanol–water partition coefficient (Wildman–Crippen LogP) is 3.75. The third kappa shape index (κ3) is 3.08. The van der Waals surface area contributed by atoms with Gasteiger partial charge in [0.25, 0.3) is 5.89 Å². The van der Waals surface area contributed by atoms with Crippen molar-refractivity contribution in [1.29, 1.82) is 5.26 Å². The molecule has 3 aromatic rings. The van der Waals surface area contributed by atoms with Gasteiger partial charge in [0.2, 0.25) is 5.91 Å². The van der Waals surface area contributed by atoms with Crippen molar-refractivity contribution < 1.29 is 9.32 Å². The van der Waals surface area contributed by atoms with Gasteiger partial charge in [0.05, 0.1) is 11.6 Å². The average Bonchev–Trinajstić information content (AvgIpc) is 3.29. The van der Waals surface area contributed by atoms with Crippen LogP contribution in [0.3, 0.4) is 0 Å². The first-order valence-corrected chi connectivity index (χ1v) is 8.77. The Morgan fingerprint density at radius 2 is 1.85 bits per heavy atom. The highest BCUT2D eigenvalue weighted by molar-refractivity contribution is 5.97. The van der Waals surface area contributed by atoms with Crippen LogP contribution >= 0.6 is 0 Å². The van der Waals surface area contributed by atoms with Gasteiger partial charge in [0, 0.05) is 30.1 Å². The zero-order chi connectivity index (χ0) is 19.0. The third-order valence-corrected chi connectivity index (χ3v) is 4.90. The smallest absolute Gasteiger partial charge is 0.257 e. The predicted molar refractivity (Wildman–Crippen MR) is 100 cm³/mol. The first kappa shape index (κ1) is 17.0. The number of amides is 1. The molecule has 27 heavy (non-hydrogen) atoms. The van der Waals surface area contributed by atoms with Crippen LogP contribution in [0.2, 0.25) is 0 Å². The van der Waals surface area contributed by atoms with E-state index in [1.54, 1.807) is 24.3 Å². The minimum absolute atomic E-state index is 0.0714. The molecule has 1 atom stereocenters. The van der Waals surface area contributed by atoms with E-state index in [1.165, 1.54) is 0 Å². The molecular formula is C21H18N4O2. The molecule has 1 fully saturated rings. The summed E-state index contributed by atoms with van der Waals surface area (Å²) in [6.45, 7) is 4.57. The van der Waals surface area contributed by atoms with E-state index in [4.69, 9.17) is 9.78 Å². The Morgan fingerprint density at radius 3 is 2.52 bits per heavy atom. The first-order chi connectivity index (χ1) is 13.1. The standard InChI is InChI=1S/C21H18N4O2/c1-13-4-3-5-14(2)19(13)25-12-17(10-18(25)26)20-23-21(27-24-20)16-8-6-15(11-22)7-9-16/h3-9,17H,10,12H2,1-2H3. The van der Waals surface area contributed by atoms with Gasteiger partial charge in [-0.25, -0.2) is 0 Å². The monoisotopic (exact) mass is 358 g/mol. The zero-order valence-corrected chi connectivity index (χ0v) is 15.1. The number of anilines is 1. The highest BCUT2D eigenvalue weighted by Crippen LogP contribution is 2.34. The Morgan fingerprint density at radius 1 is 1.15 bits per heavy atom. The van der Waals surface area contributed by atoms with Crippen molar-refractivity contribution in [3.63, 3.8) is 0 Å². The van der Waals surface area contributed by atoms with Gasteiger partial charge in [-0.2, -0.15) is 10.2 Å². The zero-order valence-electron chi connectivity index (χ0n) is 15.1. The lowest BCUT2D eigenvalue weighted by atomic mass is 10.1. The van der Waals surface area contributed by atoms with E-state index in [-0.39, 0.29) is 11.8 Å². The van der Waals surface area contributed by atoms with E-state index < -0.39 is 0 Å². The van der Waals surface area contributed by atoms with Crippen molar-refractivity contribution >= 4 is 11.6 Å². The molecule has 1 aromatic heterocycles.